The molecule has 1 fully saturated rings. The molecule has 4 nitrogen and oxygen atoms in total. The summed E-state index contributed by atoms with van der Waals surface area (Å²) in [5.74, 6) is 0.465. The van der Waals surface area contributed by atoms with Crippen LogP contribution in [0.4, 0.5) is 11.4 Å². The van der Waals surface area contributed by atoms with Crippen LogP contribution in [0.25, 0.3) is 0 Å². The number of amides is 1. The standard InChI is InChI=1S/C13H19N3O/c1-15(2)11-5-3-4-6-12(11)16-9-10(8-14)7-13(16)17/h3-6,10H,7-9,14H2,1-2H3. The van der Waals surface area contributed by atoms with Gasteiger partial charge in [-0.1, -0.05) is 12.1 Å². The molecule has 17 heavy (non-hydrogen) atoms. The monoisotopic (exact) mass is 233 g/mol. The third-order valence-electron chi connectivity index (χ3n) is 3.19. The molecule has 1 unspecified atom stereocenters. The molecule has 0 aliphatic carbocycles. The van der Waals surface area contributed by atoms with Crippen LogP contribution in [0.5, 0.6) is 0 Å². The first-order valence-electron chi connectivity index (χ1n) is 5.90. The molecule has 1 amide bonds. The van der Waals surface area contributed by atoms with Crippen molar-refractivity contribution in [1.82, 2.24) is 0 Å². The fourth-order valence-corrected chi connectivity index (χ4v) is 2.24. The van der Waals surface area contributed by atoms with Crippen molar-refractivity contribution in [2.45, 2.75) is 6.42 Å². The van der Waals surface area contributed by atoms with Gasteiger partial charge in [0.25, 0.3) is 0 Å². The zero-order chi connectivity index (χ0) is 12.4. The highest BCUT2D eigenvalue weighted by Gasteiger charge is 2.30. The van der Waals surface area contributed by atoms with Gasteiger partial charge in [-0.15, -0.1) is 0 Å². The predicted octanol–water partition coefficient (Wildman–Crippen LogP) is 1.06. The highest BCUT2D eigenvalue weighted by molar-refractivity contribution is 5.98. The number of hydrogen-bond donors (Lipinski definition) is 1. The number of para-hydroxylation sites is 2. The molecule has 4 heteroatoms. The van der Waals surface area contributed by atoms with Crippen LogP contribution in [-0.2, 0) is 4.79 Å². The summed E-state index contributed by atoms with van der Waals surface area (Å²) in [4.78, 5) is 15.9. The zero-order valence-electron chi connectivity index (χ0n) is 10.4. The minimum absolute atomic E-state index is 0.176. The van der Waals surface area contributed by atoms with E-state index in [-0.39, 0.29) is 11.8 Å². The molecule has 1 heterocycles. The average molecular weight is 233 g/mol. The second kappa shape index (κ2) is 4.75. The molecular formula is C13H19N3O. The molecule has 0 bridgehead atoms. The van der Waals surface area contributed by atoms with E-state index in [0.717, 1.165) is 17.9 Å². The lowest BCUT2D eigenvalue weighted by atomic mass is 10.1. The number of hydrogen-bond acceptors (Lipinski definition) is 3. The Labute approximate surface area is 102 Å². The minimum atomic E-state index is 0.176. The van der Waals surface area contributed by atoms with Gasteiger partial charge < -0.3 is 15.5 Å². The Morgan fingerprint density at radius 3 is 2.71 bits per heavy atom. The fraction of sp³-hybridized carbons (Fsp3) is 0.462. The maximum atomic E-state index is 12.0. The van der Waals surface area contributed by atoms with Crippen LogP contribution in [0.1, 0.15) is 6.42 Å². The minimum Gasteiger partial charge on any atom is -0.376 e. The Kier molecular flexibility index (Phi) is 3.33. The van der Waals surface area contributed by atoms with Gasteiger partial charge in [0, 0.05) is 27.1 Å². The lowest BCUT2D eigenvalue weighted by Crippen LogP contribution is -2.27. The normalized spacial score (nSPS) is 19.8. The van der Waals surface area contributed by atoms with Gasteiger partial charge in [0.05, 0.1) is 11.4 Å². The maximum Gasteiger partial charge on any atom is 0.227 e. The van der Waals surface area contributed by atoms with Gasteiger partial charge in [-0.3, -0.25) is 4.79 Å². The van der Waals surface area contributed by atoms with Crippen LogP contribution in [0.2, 0.25) is 0 Å². The summed E-state index contributed by atoms with van der Waals surface area (Å²) in [5.41, 5.74) is 7.70. The molecule has 2 N–H and O–H groups in total. The Morgan fingerprint density at radius 1 is 1.41 bits per heavy atom. The fourth-order valence-electron chi connectivity index (χ4n) is 2.24. The Bertz CT molecular complexity index is 417. The van der Waals surface area contributed by atoms with E-state index in [1.807, 2.05) is 48.2 Å². The van der Waals surface area contributed by atoms with E-state index in [0.29, 0.717) is 13.0 Å². The van der Waals surface area contributed by atoms with Gasteiger partial charge in [0.1, 0.15) is 0 Å². The third-order valence-corrected chi connectivity index (χ3v) is 3.19. The van der Waals surface area contributed by atoms with E-state index in [1.54, 1.807) is 0 Å². The first kappa shape index (κ1) is 11.9. The van der Waals surface area contributed by atoms with Gasteiger partial charge in [-0.25, -0.2) is 0 Å². The summed E-state index contributed by atoms with van der Waals surface area (Å²) >= 11 is 0. The van der Waals surface area contributed by atoms with Crippen LogP contribution in [0, 0.1) is 5.92 Å². The molecule has 0 aromatic heterocycles. The second-order valence-electron chi connectivity index (χ2n) is 4.69. The highest BCUT2D eigenvalue weighted by atomic mass is 16.2. The van der Waals surface area contributed by atoms with E-state index in [2.05, 4.69) is 0 Å². The smallest absolute Gasteiger partial charge is 0.227 e. The number of nitrogens with zero attached hydrogens (tertiary/aromatic N) is 2. The molecule has 0 saturated carbocycles. The first-order valence-corrected chi connectivity index (χ1v) is 5.90. The Hall–Kier alpha value is -1.55. The number of rotatable bonds is 3. The van der Waals surface area contributed by atoms with Crippen LogP contribution in [0.15, 0.2) is 24.3 Å². The molecule has 1 aromatic rings. The van der Waals surface area contributed by atoms with Crippen LogP contribution >= 0.6 is 0 Å². The summed E-state index contributed by atoms with van der Waals surface area (Å²) < 4.78 is 0. The molecule has 0 radical (unpaired) electrons. The average Bonchev–Trinajstić information content (AvgIpc) is 2.70. The number of nitrogens with two attached hydrogens (primary N) is 1. The van der Waals surface area contributed by atoms with Gasteiger partial charge >= 0.3 is 0 Å². The van der Waals surface area contributed by atoms with Crippen molar-refractivity contribution in [3.63, 3.8) is 0 Å². The zero-order valence-corrected chi connectivity index (χ0v) is 10.4. The molecule has 1 aliphatic heterocycles. The molecule has 1 atom stereocenters. The number of carbonyl (C=O) groups excluding carboxylic acids is 1. The maximum absolute atomic E-state index is 12.0. The molecule has 1 saturated heterocycles. The van der Waals surface area contributed by atoms with Crippen molar-refractivity contribution in [2.75, 3.05) is 37.0 Å². The van der Waals surface area contributed by atoms with E-state index in [4.69, 9.17) is 5.73 Å². The molecule has 92 valence electrons. The lowest BCUT2D eigenvalue weighted by molar-refractivity contribution is -0.117. The molecule has 2 rings (SSSR count). The van der Waals surface area contributed by atoms with Gasteiger partial charge in [-0.2, -0.15) is 0 Å². The number of anilines is 2. The quantitative estimate of drug-likeness (QED) is 0.849. The molecule has 1 aromatic carbocycles. The van der Waals surface area contributed by atoms with Crippen LogP contribution in [-0.4, -0.2) is 33.1 Å². The second-order valence-corrected chi connectivity index (χ2v) is 4.69. The van der Waals surface area contributed by atoms with Crippen molar-refractivity contribution in [2.24, 2.45) is 11.7 Å². The summed E-state index contributed by atoms with van der Waals surface area (Å²) in [5, 5.41) is 0. The van der Waals surface area contributed by atoms with Crippen molar-refractivity contribution >= 4 is 17.3 Å². The number of benzene rings is 1. The van der Waals surface area contributed by atoms with Crippen molar-refractivity contribution in [3.8, 4) is 0 Å². The Morgan fingerprint density at radius 2 is 2.12 bits per heavy atom. The first-order chi connectivity index (χ1) is 8.13. The third kappa shape index (κ3) is 2.26. The Balaban J connectivity index is 2.31. The summed E-state index contributed by atoms with van der Waals surface area (Å²) in [6.45, 7) is 1.31. The van der Waals surface area contributed by atoms with Gasteiger partial charge in [-0.05, 0) is 24.6 Å². The van der Waals surface area contributed by atoms with Crippen molar-refractivity contribution < 1.29 is 4.79 Å². The van der Waals surface area contributed by atoms with E-state index in [9.17, 15) is 4.79 Å². The molecular weight excluding hydrogens is 214 g/mol. The van der Waals surface area contributed by atoms with Crippen molar-refractivity contribution in [3.05, 3.63) is 24.3 Å². The largest absolute Gasteiger partial charge is 0.376 e. The molecule has 0 spiro atoms. The van der Waals surface area contributed by atoms with E-state index < -0.39 is 0 Å². The van der Waals surface area contributed by atoms with Crippen molar-refractivity contribution in [1.29, 1.82) is 0 Å². The predicted molar refractivity (Wildman–Crippen MR) is 70.3 cm³/mol. The summed E-state index contributed by atoms with van der Waals surface area (Å²) in [6, 6.07) is 7.97. The van der Waals surface area contributed by atoms with Gasteiger partial charge in [0.15, 0.2) is 0 Å². The van der Waals surface area contributed by atoms with E-state index >= 15 is 0 Å². The van der Waals surface area contributed by atoms with Crippen LogP contribution in [0.3, 0.4) is 0 Å². The van der Waals surface area contributed by atoms with E-state index in [1.165, 1.54) is 0 Å². The summed E-state index contributed by atoms with van der Waals surface area (Å²) in [7, 11) is 3.97. The molecule has 1 aliphatic rings. The lowest BCUT2D eigenvalue weighted by Gasteiger charge is -2.24. The summed E-state index contributed by atoms with van der Waals surface area (Å²) in [6.07, 6.45) is 0.568. The topological polar surface area (TPSA) is 49.6 Å². The van der Waals surface area contributed by atoms with Gasteiger partial charge in [0.2, 0.25) is 5.91 Å². The highest BCUT2D eigenvalue weighted by Crippen LogP contribution is 2.32. The van der Waals surface area contributed by atoms with Crippen LogP contribution < -0.4 is 15.5 Å². The SMILES string of the molecule is CN(C)c1ccccc1N1CC(CN)CC1=O. The number of carbonyl (C=O) groups is 1.